The van der Waals surface area contributed by atoms with Crippen LogP contribution in [0.4, 0.5) is 11.4 Å². The summed E-state index contributed by atoms with van der Waals surface area (Å²) in [6, 6.07) is 6.23. The molecule has 0 heterocycles. The number of anilines is 1. The van der Waals surface area contributed by atoms with Crippen LogP contribution in [-0.2, 0) is 0 Å². The number of rotatable bonds is 3. The SMILES string of the molecule is O=[N+]([O-])c1ccccc1NC1C[C@@H](O)C[C@@H](O)C1. The third-order valence-electron chi connectivity index (χ3n) is 3.12. The molecule has 1 unspecified atom stereocenters. The standard InChI is InChI=1S/C12H16N2O4/c15-9-5-8(6-10(16)7-9)13-11-3-1-2-4-12(11)14(17)18/h1-4,8-10,13,15-16H,5-7H2/t8?,9-,10+. The quantitative estimate of drug-likeness (QED) is 0.556. The van der Waals surface area contributed by atoms with E-state index in [1.54, 1.807) is 18.2 Å². The summed E-state index contributed by atoms with van der Waals surface area (Å²) in [7, 11) is 0. The number of nitrogens with zero attached hydrogens (tertiary/aromatic N) is 1. The highest BCUT2D eigenvalue weighted by molar-refractivity contribution is 5.61. The second kappa shape index (κ2) is 5.32. The van der Waals surface area contributed by atoms with Crippen LogP contribution in [0.5, 0.6) is 0 Å². The van der Waals surface area contributed by atoms with Crippen molar-refractivity contribution in [3.05, 3.63) is 34.4 Å². The average molecular weight is 252 g/mol. The molecule has 0 saturated heterocycles. The lowest BCUT2D eigenvalue weighted by Crippen LogP contribution is -2.37. The van der Waals surface area contributed by atoms with Crippen LogP contribution in [-0.4, -0.2) is 33.4 Å². The molecule has 6 heteroatoms. The average Bonchev–Trinajstić information content (AvgIpc) is 2.27. The van der Waals surface area contributed by atoms with Crippen molar-refractivity contribution in [1.82, 2.24) is 0 Å². The van der Waals surface area contributed by atoms with E-state index in [2.05, 4.69) is 5.32 Å². The zero-order valence-electron chi connectivity index (χ0n) is 9.82. The Hall–Kier alpha value is -1.66. The Balaban J connectivity index is 2.11. The first-order valence-corrected chi connectivity index (χ1v) is 5.92. The van der Waals surface area contributed by atoms with Crippen LogP contribution in [0, 0.1) is 10.1 Å². The molecule has 18 heavy (non-hydrogen) atoms. The van der Waals surface area contributed by atoms with Crippen molar-refractivity contribution in [3.8, 4) is 0 Å². The minimum Gasteiger partial charge on any atom is -0.393 e. The summed E-state index contributed by atoms with van der Waals surface area (Å²) in [6.07, 6.45) is 0.226. The molecule has 1 saturated carbocycles. The zero-order valence-corrected chi connectivity index (χ0v) is 9.82. The Morgan fingerprint density at radius 3 is 2.39 bits per heavy atom. The van der Waals surface area contributed by atoms with Crippen LogP contribution in [0.2, 0.25) is 0 Å². The molecular weight excluding hydrogens is 236 g/mol. The summed E-state index contributed by atoms with van der Waals surface area (Å²) in [5, 5.41) is 33.0. The van der Waals surface area contributed by atoms with E-state index in [0.717, 1.165) is 0 Å². The predicted molar refractivity (Wildman–Crippen MR) is 66.4 cm³/mol. The molecule has 0 aromatic heterocycles. The second-order valence-corrected chi connectivity index (χ2v) is 4.63. The normalized spacial score (nSPS) is 27.8. The topological polar surface area (TPSA) is 95.6 Å². The minimum atomic E-state index is -0.561. The van der Waals surface area contributed by atoms with Gasteiger partial charge in [-0.2, -0.15) is 0 Å². The monoisotopic (exact) mass is 252 g/mol. The maximum Gasteiger partial charge on any atom is 0.292 e. The number of nitro groups is 1. The molecule has 98 valence electrons. The zero-order chi connectivity index (χ0) is 13.1. The van der Waals surface area contributed by atoms with E-state index in [9.17, 15) is 20.3 Å². The minimum absolute atomic E-state index is 0.00653. The van der Waals surface area contributed by atoms with E-state index >= 15 is 0 Å². The van der Waals surface area contributed by atoms with Gasteiger partial charge in [0.1, 0.15) is 5.69 Å². The van der Waals surface area contributed by atoms with Crippen molar-refractivity contribution in [1.29, 1.82) is 0 Å². The van der Waals surface area contributed by atoms with Crippen LogP contribution >= 0.6 is 0 Å². The van der Waals surface area contributed by atoms with Crippen LogP contribution in [0.25, 0.3) is 0 Å². The van der Waals surface area contributed by atoms with Gasteiger partial charge in [0.25, 0.3) is 5.69 Å². The van der Waals surface area contributed by atoms with Gasteiger partial charge in [-0.05, 0) is 25.3 Å². The first-order chi connectivity index (χ1) is 8.56. The second-order valence-electron chi connectivity index (χ2n) is 4.63. The lowest BCUT2D eigenvalue weighted by molar-refractivity contribution is -0.384. The van der Waals surface area contributed by atoms with Gasteiger partial charge in [-0.25, -0.2) is 0 Å². The number of hydrogen-bond donors (Lipinski definition) is 3. The molecule has 0 bridgehead atoms. The van der Waals surface area contributed by atoms with E-state index in [1.165, 1.54) is 6.07 Å². The van der Waals surface area contributed by atoms with Gasteiger partial charge in [0.05, 0.1) is 17.1 Å². The molecule has 3 N–H and O–H groups in total. The molecule has 0 aliphatic heterocycles. The van der Waals surface area contributed by atoms with E-state index in [1.807, 2.05) is 0 Å². The van der Waals surface area contributed by atoms with Crippen molar-refractivity contribution < 1.29 is 15.1 Å². The van der Waals surface area contributed by atoms with Gasteiger partial charge in [-0.3, -0.25) is 10.1 Å². The van der Waals surface area contributed by atoms with Gasteiger partial charge in [-0.15, -0.1) is 0 Å². The maximum absolute atomic E-state index is 10.9. The Kier molecular flexibility index (Phi) is 3.78. The van der Waals surface area contributed by atoms with E-state index in [0.29, 0.717) is 24.9 Å². The number of nitro benzene ring substituents is 1. The van der Waals surface area contributed by atoms with Gasteiger partial charge in [0.2, 0.25) is 0 Å². The van der Waals surface area contributed by atoms with Gasteiger partial charge in [0, 0.05) is 12.1 Å². The Bertz CT molecular complexity index is 428. The number of benzene rings is 1. The fourth-order valence-electron chi connectivity index (χ4n) is 2.35. The van der Waals surface area contributed by atoms with E-state index in [4.69, 9.17) is 0 Å². The van der Waals surface area contributed by atoms with Crippen molar-refractivity contribution >= 4 is 11.4 Å². The number of hydrogen-bond acceptors (Lipinski definition) is 5. The van der Waals surface area contributed by atoms with Crippen molar-refractivity contribution in [2.75, 3.05) is 5.32 Å². The first-order valence-electron chi connectivity index (χ1n) is 5.92. The van der Waals surface area contributed by atoms with Crippen molar-refractivity contribution in [2.45, 2.75) is 37.5 Å². The molecule has 1 aromatic carbocycles. The largest absolute Gasteiger partial charge is 0.393 e. The molecular formula is C12H16N2O4. The molecule has 1 aromatic rings. The third kappa shape index (κ3) is 2.96. The summed E-state index contributed by atoms with van der Waals surface area (Å²) in [6.45, 7) is 0. The lowest BCUT2D eigenvalue weighted by atomic mass is 9.90. The number of aliphatic hydroxyl groups excluding tert-OH is 2. The fourth-order valence-corrected chi connectivity index (χ4v) is 2.35. The summed E-state index contributed by atoms with van der Waals surface area (Å²) < 4.78 is 0. The summed E-state index contributed by atoms with van der Waals surface area (Å²) in [4.78, 5) is 10.4. The Labute approximate surface area is 104 Å². The third-order valence-corrected chi connectivity index (χ3v) is 3.12. The summed E-state index contributed by atoms with van der Waals surface area (Å²) >= 11 is 0. The van der Waals surface area contributed by atoms with Crippen LogP contribution in [0.1, 0.15) is 19.3 Å². The predicted octanol–water partition coefficient (Wildman–Crippen LogP) is 1.28. The molecule has 1 fully saturated rings. The molecule has 1 aliphatic rings. The number of para-hydroxylation sites is 2. The highest BCUT2D eigenvalue weighted by Gasteiger charge is 2.27. The fraction of sp³-hybridized carbons (Fsp3) is 0.500. The molecule has 2 rings (SSSR count). The molecule has 3 atom stereocenters. The Morgan fingerprint density at radius 1 is 1.17 bits per heavy atom. The number of aliphatic hydroxyl groups is 2. The van der Waals surface area contributed by atoms with Crippen LogP contribution < -0.4 is 5.32 Å². The highest BCUT2D eigenvalue weighted by atomic mass is 16.6. The first kappa shape index (κ1) is 12.8. The number of nitrogens with one attached hydrogen (secondary N) is 1. The van der Waals surface area contributed by atoms with Crippen LogP contribution in [0.3, 0.4) is 0 Å². The van der Waals surface area contributed by atoms with Crippen LogP contribution in [0.15, 0.2) is 24.3 Å². The smallest absolute Gasteiger partial charge is 0.292 e. The van der Waals surface area contributed by atoms with E-state index < -0.39 is 17.1 Å². The summed E-state index contributed by atoms with van der Waals surface area (Å²) in [5.41, 5.74) is 0.431. The summed E-state index contributed by atoms with van der Waals surface area (Å²) in [5.74, 6) is 0. The van der Waals surface area contributed by atoms with Gasteiger partial charge in [-0.1, -0.05) is 12.1 Å². The van der Waals surface area contributed by atoms with Gasteiger partial charge < -0.3 is 15.5 Å². The Morgan fingerprint density at radius 2 is 1.78 bits per heavy atom. The molecule has 0 amide bonds. The molecule has 1 aliphatic carbocycles. The maximum atomic E-state index is 10.9. The lowest BCUT2D eigenvalue weighted by Gasteiger charge is -2.30. The molecule has 0 radical (unpaired) electrons. The highest BCUT2D eigenvalue weighted by Crippen LogP contribution is 2.28. The van der Waals surface area contributed by atoms with E-state index in [-0.39, 0.29) is 11.7 Å². The van der Waals surface area contributed by atoms with Crippen molar-refractivity contribution in [3.63, 3.8) is 0 Å². The molecule has 0 spiro atoms. The van der Waals surface area contributed by atoms with Gasteiger partial charge >= 0.3 is 0 Å². The molecule has 6 nitrogen and oxygen atoms in total. The van der Waals surface area contributed by atoms with Gasteiger partial charge in [0.15, 0.2) is 0 Å². The van der Waals surface area contributed by atoms with Crippen molar-refractivity contribution in [2.24, 2.45) is 0 Å².